The van der Waals surface area contributed by atoms with Crippen molar-refractivity contribution in [2.24, 2.45) is 0 Å². The molecule has 0 bridgehead atoms. The number of benzene rings is 2. The van der Waals surface area contributed by atoms with Crippen molar-refractivity contribution in [3.8, 4) is 0 Å². The van der Waals surface area contributed by atoms with Crippen LogP contribution in [0.5, 0.6) is 0 Å². The van der Waals surface area contributed by atoms with Gasteiger partial charge in [0, 0.05) is 11.1 Å². The molecule has 0 saturated carbocycles. The monoisotopic (exact) mass is 295 g/mol. The Balaban J connectivity index is 2.49. The molecule has 0 aliphatic rings. The third-order valence-electron chi connectivity index (χ3n) is 3.02. The van der Waals surface area contributed by atoms with E-state index < -0.39 is 11.6 Å². The summed E-state index contributed by atoms with van der Waals surface area (Å²) in [4.78, 5) is 0. The van der Waals surface area contributed by atoms with Crippen LogP contribution in [-0.2, 0) is 0 Å². The number of halogens is 3. The topological polar surface area (TPSA) is 12.0 Å². The molecule has 1 nitrogen and oxygen atoms in total. The van der Waals surface area contributed by atoms with Gasteiger partial charge in [-0.15, -0.1) is 0 Å². The Morgan fingerprint density at radius 1 is 1.00 bits per heavy atom. The van der Waals surface area contributed by atoms with Crippen molar-refractivity contribution in [1.29, 1.82) is 0 Å². The fourth-order valence-electron chi connectivity index (χ4n) is 2.31. The van der Waals surface area contributed by atoms with Crippen molar-refractivity contribution in [3.63, 3.8) is 0 Å². The average Bonchev–Trinajstić information content (AvgIpc) is 2.33. The van der Waals surface area contributed by atoms with Gasteiger partial charge in [-0.1, -0.05) is 24.6 Å². The van der Waals surface area contributed by atoms with Crippen molar-refractivity contribution in [2.45, 2.75) is 19.9 Å². The Morgan fingerprint density at radius 2 is 1.60 bits per heavy atom. The van der Waals surface area contributed by atoms with Crippen LogP contribution >= 0.6 is 11.6 Å². The van der Waals surface area contributed by atoms with Gasteiger partial charge in [0.2, 0.25) is 0 Å². The minimum Gasteiger partial charge on any atom is -0.307 e. The summed E-state index contributed by atoms with van der Waals surface area (Å²) in [6.45, 7) is 4.55. The Labute approximate surface area is 122 Å². The van der Waals surface area contributed by atoms with Gasteiger partial charge in [-0.25, -0.2) is 8.78 Å². The van der Waals surface area contributed by atoms with Crippen molar-refractivity contribution in [1.82, 2.24) is 5.32 Å². The van der Waals surface area contributed by atoms with Gasteiger partial charge in [0.05, 0.1) is 6.04 Å². The Hall–Kier alpha value is -1.45. The van der Waals surface area contributed by atoms with E-state index in [1.807, 2.05) is 32.0 Å². The molecule has 0 aromatic heterocycles. The van der Waals surface area contributed by atoms with E-state index in [1.165, 1.54) is 12.1 Å². The highest BCUT2D eigenvalue weighted by atomic mass is 35.5. The van der Waals surface area contributed by atoms with E-state index >= 15 is 0 Å². The molecule has 1 N–H and O–H groups in total. The van der Waals surface area contributed by atoms with E-state index in [1.54, 1.807) is 0 Å². The van der Waals surface area contributed by atoms with Gasteiger partial charge in [0.15, 0.2) is 0 Å². The van der Waals surface area contributed by atoms with E-state index in [4.69, 9.17) is 11.6 Å². The second-order valence-electron chi connectivity index (χ2n) is 4.76. The lowest BCUT2D eigenvalue weighted by Crippen LogP contribution is -2.22. The van der Waals surface area contributed by atoms with Crippen LogP contribution in [0.25, 0.3) is 0 Å². The summed E-state index contributed by atoms with van der Waals surface area (Å²) in [6, 6.07) is 8.88. The van der Waals surface area contributed by atoms with Gasteiger partial charge in [0.25, 0.3) is 0 Å². The number of rotatable bonds is 4. The summed E-state index contributed by atoms with van der Waals surface area (Å²) in [5.41, 5.74) is 2.44. The lowest BCUT2D eigenvalue weighted by Gasteiger charge is -2.20. The van der Waals surface area contributed by atoms with Crippen molar-refractivity contribution in [2.75, 3.05) is 6.54 Å². The molecule has 1 unspecified atom stereocenters. The molecule has 0 aliphatic carbocycles. The predicted octanol–water partition coefficient (Wildman–Crippen LogP) is 4.63. The lowest BCUT2D eigenvalue weighted by molar-refractivity contribution is 0.565. The van der Waals surface area contributed by atoms with E-state index in [0.717, 1.165) is 17.2 Å². The standard InChI is InChI=1S/C16H16ClF2N/c1-3-20-16(11-4-10(2)5-13(17)6-11)12-7-14(18)9-15(19)8-12/h4-9,16,20H,3H2,1-2H3. The van der Waals surface area contributed by atoms with Gasteiger partial charge < -0.3 is 5.32 Å². The number of aryl methyl sites for hydroxylation is 1. The summed E-state index contributed by atoms with van der Waals surface area (Å²) in [5.74, 6) is -1.16. The molecule has 0 saturated heterocycles. The van der Waals surface area contributed by atoms with Gasteiger partial charge >= 0.3 is 0 Å². The Morgan fingerprint density at radius 3 is 2.15 bits per heavy atom. The number of hydrogen-bond acceptors (Lipinski definition) is 1. The fraction of sp³-hybridized carbons (Fsp3) is 0.250. The first-order valence-electron chi connectivity index (χ1n) is 6.46. The number of hydrogen-bond donors (Lipinski definition) is 1. The summed E-state index contributed by atoms with van der Waals surface area (Å²) >= 11 is 6.07. The predicted molar refractivity (Wildman–Crippen MR) is 78.1 cm³/mol. The van der Waals surface area contributed by atoms with Crippen LogP contribution in [-0.4, -0.2) is 6.54 Å². The van der Waals surface area contributed by atoms with Crippen molar-refractivity contribution >= 4 is 11.6 Å². The van der Waals surface area contributed by atoms with Crippen LogP contribution in [0.3, 0.4) is 0 Å². The fourth-order valence-corrected chi connectivity index (χ4v) is 2.60. The zero-order valence-corrected chi connectivity index (χ0v) is 12.1. The molecule has 0 spiro atoms. The maximum atomic E-state index is 13.4. The van der Waals surface area contributed by atoms with Gasteiger partial charge in [-0.2, -0.15) is 0 Å². The molecule has 1 atom stereocenters. The first kappa shape index (κ1) is 14.9. The summed E-state index contributed by atoms with van der Waals surface area (Å²) in [6.07, 6.45) is 0. The normalized spacial score (nSPS) is 12.4. The van der Waals surface area contributed by atoms with Gasteiger partial charge in [-0.3, -0.25) is 0 Å². The third kappa shape index (κ3) is 3.56. The van der Waals surface area contributed by atoms with E-state index in [-0.39, 0.29) is 6.04 Å². The highest BCUT2D eigenvalue weighted by Crippen LogP contribution is 2.27. The molecule has 2 aromatic carbocycles. The molecular formula is C16H16ClF2N. The maximum absolute atomic E-state index is 13.4. The quantitative estimate of drug-likeness (QED) is 0.867. The second-order valence-corrected chi connectivity index (χ2v) is 5.19. The lowest BCUT2D eigenvalue weighted by atomic mass is 9.97. The minimum absolute atomic E-state index is 0.289. The first-order valence-corrected chi connectivity index (χ1v) is 6.84. The van der Waals surface area contributed by atoms with Crippen LogP contribution in [0.15, 0.2) is 36.4 Å². The minimum atomic E-state index is -0.582. The van der Waals surface area contributed by atoms with E-state index in [0.29, 0.717) is 17.1 Å². The zero-order valence-electron chi connectivity index (χ0n) is 11.4. The summed E-state index contributed by atoms with van der Waals surface area (Å²) in [5, 5.41) is 3.84. The molecule has 4 heteroatoms. The van der Waals surface area contributed by atoms with Crippen molar-refractivity contribution in [3.05, 3.63) is 69.7 Å². The van der Waals surface area contributed by atoms with Crippen LogP contribution in [0.1, 0.15) is 29.7 Å². The van der Waals surface area contributed by atoms with Crippen LogP contribution in [0, 0.1) is 18.6 Å². The third-order valence-corrected chi connectivity index (χ3v) is 3.24. The summed E-state index contributed by atoms with van der Waals surface area (Å²) < 4.78 is 26.8. The maximum Gasteiger partial charge on any atom is 0.126 e. The van der Waals surface area contributed by atoms with Crippen LogP contribution in [0.4, 0.5) is 8.78 Å². The highest BCUT2D eigenvalue weighted by molar-refractivity contribution is 6.30. The van der Waals surface area contributed by atoms with Gasteiger partial charge in [-0.05, 0) is 54.4 Å². The molecule has 0 aliphatic heterocycles. The molecule has 0 radical (unpaired) electrons. The first-order chi connectivity index (χ1) is 9.49. The van der Waals surface area contributed by atoms with Crippen molar-refractivity contribution < 1.29 is 8.78 Å². The van der Waals surface area contributed by atoms with E-state index in [2.05, 4.69) is 5.32 Å². The highest BCUT2D eigenvalue weighted by Gasteiger charge is 2.16. The van der Waals surface area contributed by atoms with Crippen LogP contribution < -0.4 is 5.32 Å². The molecule has 2 rings (SSSR count). The Kier molecular flexibility index (Phi) is 4.73. The molecule has 20 heavy (non-hydrogen) atoms. The van der Waals surface area contributed by atoms with Crippen LogP contribution in [0.2, 0.25) is 5.02 Å². The molecular weight excluding hydrogens is 280 g/mol. The SMILES string of the molecule is CCNC(c1cc(F)cc(F)c1)c1cc(C)cc(Cl)c1. The average molecular weight is 296 g/mol. The number of nitrogens with one attached hydrogen (secondary N) is 1. The smallest absolute Gasteiger partial charge is 0.126 e. The molecule has 106 valence electrons. The largest absolute Gasteiger partial charge is 0.307 e. The molecule has 0 fully saturated rings. The molecule has 0 heterocycles. The van der Waals surface area contributed by atoms with Gasteiger partial charge in [0.1, 0.15) is 11.6 Å². The molecule has 0 amide bonds. The summed E-state index contributed by atoms with van der Waals surface area (Å²) in [7, 11) is 0. The Bertz CT molecular complexity index is 521. The molecule has 2 aromatic rings. The van der Waals surface area contributed by atoms with E-state index in [9.17, 15) is 8.78 Å². The zero-order chi connectivity index (χ0) is 14.7. The second kappa shape index (κ2) is 6.33.